The number of carbonyl (C=O) groups is 1. The van der Waals surface area contributed by atoms with Crippen molar-refractivity contribution in [2.24, 2.45) is 0 Å². The third-order valence-electron chi connectivity index (χ3n) is 2.38. The molecule has 5 heteroatoms. The summed E-state index contributed by atoms with van der Waals surface area (Å²) in [7, 11) is 0. The molecule has 0 aliphatic carbocycles. The third kappa shape index (κ3) is 2.86. The van der Waals surface area contributed by atoms with E-state index in [2.05, 4.69) is 4.98 Å². The van der Waals surface area contributed by atoms with Crippen molar-refractivity contribution in [1.82, 2.24) is 9.55 Å². The number of hydrogen-bond donors (Lipinski definition) is 0. The van der Waals surface area contributed by atoms with Crippen LogP contribution >= 0.6 is 0 Å². The Morgan fingerprint density at radius 2 is 2.00 bits per heavy atom. The Hall–Kier alpha value is -2.04. The van der Waals surface area contributed by atoms with E-state index < -0.39 is 11.7 Å². The van der Waals surface area contributed by atoms with E-state index in [4.69, 9.17) is 9.47 Å². The summed E-state index contributed by atoms with van der Waals surface area (Å²) in [4.78, 5) is 16.5. The van der Waals surface area contributed by atoms with Crippen molar-refractivity contribution in [3.05, 3.63) is 24.3 Å². The predicted octanol–water partition coefficient (Wildman–Crippen LogP) is 3.22. The quantitative estimate of drug-likeness (QED) is 0.833. The molecule has 0 spiro atoms. The van der Waals surface area contributed by atoms with Crippen molar-refractivity contribution in [2.75, 3.05) is 6.61 Å². The van der Waals surface area contributed by atoms with Crippen LogP contribution < -0.4 is 4.74 Å². The zero-order chi connectivity index (χ0) is 14.0. The summed E-state index contributed by atoms with van der Waals surface area (Å²) in [6.45, 7) is 7.75. The summed E-state index contributed by atoms with van der Waals surface area (Å²) < 4.78 is 12.2. The minimum atomic E-state index is -0.564. The van der Waals surface area contributed by atoms with Gasteiger partial charge in [0.2, 0.25) is 0 Å². The molecule has 0 saturated heterocycles. The minimum absolute atomic E-state index is 0.262. The molecule has 102 valence electrons. The number of carbonyl (C=O) groups excluding carboxylic acids is 1. The maximum absolute atomic E-state index is 12.3. The van der Waals surface area contributed by atoms with Crippen LogP contribution in [0.3, 0.4) is 0 Å². The first-order chi connectivity index (χ1) is 8.92. The van der Waals surface area contributed by atoms with Gasteiger partial charge in [-0.3, -0.25) is 0 Å². The molecule has 19 heavy (non-hydrogen) atoms. The molecule has 0 aliphatic heterocycles. The number of rotatable bonds is 2. The fourth-order valence-corrected chi connectivity index (χ4v) is 1.71. The van der Waals surface area contributed by atoms with Crippen molar-refractivity contribution in [1.29, 1.82) is 0 Å². The van der Waals surface area contributed by atoms with E-state index >= 15 is 0 Å². The molecule has 0 fully saturated rings. The highest BCUT2D eigenvalue weighted by atomic mass is 16.6. The van der Waals surface area contributed by atoms with Crippen LogP contribution in [0.1, 0.15) is 27.7 Å². The van der Waals surface area contributed by atoms with Gasteiger partial charge in [0.15, 0.2) is 0 Å². The van der Waals surface area contributed by atoms with E-state index in [0.717, 1.165) is 0 Å². The van der Waals surface area contributed by atoms with Gasteiger partial charge in [-0.25, -0.2) is 4.79 Å². The van der Waals surface area contributed by atoms with Gasteiger partial charge in [0, 0.05) is 0 Å². The smallest absolute Gasteiger partial charge is 0.423 e. The lowest BCUT2D eigenvalue weighted by molar-refractivity contribution is 0.0527. The molecule has 0 bridgehead atoms. The van der Waals surface area contributed by atoms with Crippen molar-refractivity contribution in [3.63, 3.8) is 0 Å². The predicted molar refractivity (Wildman–Crippen MR) is 72.5 cm³/mol. The number of ether oxygens (including phenoxy) is 2. The lowest BCUT2D eigenvalue weighted by atomic mass is 10.2. The molecule has 2 aromatic rings. The van der Waals surface area contributed by atoms with E-state index in [1.165, 1.54) is 4.57 Å². The zero-order valence-corrected chi connectivity index (χ0v) is 11.6. The summed E-state index contributed by atoms with van der Waals surface area (Å²) in [6.07, 6.45) is -0.482. The fourth-order valence-electron chi connectivity index (χ4n) is 1.71. The Labute approximate surface area is 112 Å². The number of fused-ring (bicyclic) bond motifs is 1. The number of imidazole rings is 1. The van der Waals surface area contributed by atoms with Crippen LogP contribution in [0.2, 0.25) is 0 Å². The second-order valence-corrected chi connectivity index (χ2v) is 5.13. The van der Waals surface area contributed by atoms with Gasteiger partial charge < -0.3 is 9.47 Å². The summed E-state index contributed by atoms with van der Waals surface area (Å²) in [5, 5.41) is 0. The van der Waals surface area contributed by atoms with Crippen molar-refractivity contribution < 1.29 is 14.3 Å². The monoisotopic (exact) mass is 262 g/mol. The van der Waals surface area contributed by atoms with Crippen LogP contribution in [0, 0.1) is 0 Å². The lowest BCUT2D eigenvalue weighted by Gasteiger charge is -2.20. The van der Waals surface area contributed by atoms with Crippen molar-refractivity contribution >= 4 is 17.1 Å². The maximum atomic E-state index is 12.3. The van der Waals surface area contributed by atoms with E-state index in [1.54, 1.807) is 0 Å². The van der Waals surface area contributed by atoms with Gasteiger partial charge in [-0.2, -0.15) is 9.55 Å². The first-order valence-electron chi connectivity index (χ1n) is 6.26. The molecule has 5 nitrogen and oxygen atoms in total. The van der Waals surface area contributed by atoms with Crippen molar-refractivity contribution in [3.8, 4) is 6.01 Å². The van der Waals surface area contributed by atoms with Gasteiger partial charge in [-0.1, -0.05) is 12.1 Å². The summed E-state index contributed by atoms with van der Waals surface area (Å²) in [5.41, 5.74) is 0.823. The van der Waals surface area contributed by atoms with Crippen LogP contribution in [0.25, 0.3) is 11.0 Å². The van der Waals surface area contributed by atoms with E-state index in [9.17, 15) is 4.79 Å². The largest absolute Gasteiger partial charge is 0.465 e. The topological polar surface area (TPSA) is 53.4 Å². The van der Waals surface area contributed by atoms with E-state index in [-0.39, 0.29) is 6.01 Å². The van der Waals surface area contributed by atoms with Crippen LogP contribution in [0.5, 0.6) is 6.01 Å². The number of hydrogen-bond acceptors (Lipinski definition) is 4. The molecular formula is C14H18N2O3. The number of aromatic nitrogens is 2. The SMILES string of the molecule is CCOc1nc2ccccc2n1C(=O)OC(C)(C)C. The Bertz CT molecular complexity index is 596. The van der Waals surface area contributed by atoms with Gasteiger partial charge in [0.25, 0.3) is 0 Å². The van der Waals surface area contributed by atoms with Gasteiger partial charge >= 0.3 is 12.1 Å². The second kappa shape index (κ2) is 4.91. The standard InChI is InChI=1S/C14H18N2O3/c1-5-18-12-15-10-8-6-7-9-11(10)16(12)13(17)19-14(2,3)4/h6-9H,5H2,1-4H3. The molecule has 0 N–H and O–H groups in total. The summed E-state index contributed by atoms with van der Waals surface area (Å²) in [6, 6.07) is 7.62. The zero-order valence-electron chi connectivity index (χ0n) is 11.6. The van der Waals surface area contributed by atoms with Gasteiger partial charge in [0.1, 0.15) is 5.60 Å². The summed E-state index contributed by atoms with van der Waals surface area (Å²) >= 11 is 0. The molecule has 2 rings (SSSR count). The molecular weight excluding hydrogens is 244 g/mol. The van der Waals surface area contributed by atoms with Crippen LogP contribution in [-0.4, -0.2) is 27.9 Å². The average Bonchev–Trinajstić information content (AvgIpc) is 2.65. The molecule has 0 aliphatic rings. The Kier molecular flexibility index (Phi) is 3.46. The number of benzene rings is 1. The number of para-hydroxylation sites is 2. The van der Waals surface area contributed by atoms with Gasteiger partial charge in [-0.05, 0) is 39.8 Å². The molecule has 0 amide bonds. The fraction of sp³-hybridized carbons (Fsp3) is 0.429. The molecule has 1 heterocycles. The average molecular weight is 262 g/mol. The highest BCUT2D eigenvalue weighted by Gasteiger charge is 2.23. The minimum Gasteiger partial charge on any atom is -0.465 e. The second-order valence-electron chi connectivity index (χ2n) is 5.13. The van der Waals surface area contributed by atoms with E-state index in [1.807, 2.05) is 52.0 Å². The Balaban J connectivity index is 2.50. The lowest BCUT2D eigenvalue weighted by Crippen LogP contribution is -2.27. The Morgan fingerprint density at radius 3 is 2.63 bits per heavy atom. The van der Waals surface area contributed by atoms with Crippen LogP contribution in [-0.2, 0) is 4.74 Å². The molecule has 1 aromatic carbocycles. The van der Waals surface area contributed by atoms with E-state index in [0.29, 0.717) is 17.6 Å². The number of nitrogens with zero attached hydrogens (tertiary/aromatic N) is 2. The van der Waals surface area contributed by atoms with Crippen LogP contribution in [0.4, 0.5) is 4.79 Å². The van der Waals surface area contributed by atoms with Crippen LogP contribution in [0.15, 0.2) is 24.3 Å². The molecule has 0 unspecified atom stereocenters. The summed E-state index contributed by atoms with van der Waals surface area (Å²) in [5.74, 6) is 0. The molecule has 0 saturated carbocycles. The highest BCUT2D eigenvalue weighted by Crippen LogP contribution is 2.23. The maximum Gasteiger partial charge on any atom is 0.423 e. The molecule has 0 atom stereocenters. The first-order valence-corrected chi connectivity index (χ1v) is 6.26. The molecule has 1 aromatic heterocycles. The normalized spacial score (nSPS) is 11.6. The first kappa shape index (κ1) is 13.4. The Morgan fingerprint density at radius 1 is 1.32 bits per heavy atom. The van der Waals surface area contributed by atoms with Gasteiger partial charge in [-0.15, -0.1) is 0 Å². The highest BCUT2D eigenvalue weighted by molar-refractivity contribution is 5.88. The van der Waals surface area contributed by atoms with Crippen molar-refractivity contribution in [2.45, 2.75) is 33.3 Å². The molecule has 0 radical (unpaired) electrons. The third-order valence-corrected chi connectivity index (χ3v) is 2.38. The van der Waals surface area contributed by atoms with Gasteiger partial charge in [0.05, 0.1) is 17.6 Å².